The Labute approximate surface area is 133 Å². The van der Waals surface area contributed by atoms with E-state index < -0.39 is 0 Å². The van der Waals surface area contributed by atoms with Gasteiger partial charge in [0, 0.05) is 30.0 Å². The summed E-state index contributed by atoms with van der Waals surface area (Å²) < 4.78 is 4.20. The molecule has 7 heteroatoms. The first kappa shape index (κ1) is 14.9. The van der Waals surface area contributed by atoms with Crippen molar-refractivity contribution in [3.05, 3.63) is 21.9 Å². The number of likely N-dealkylation sites (tertiary alicyclic amines) is 1. The summed E-state index contributed by atoms with van der Waals surface area (Å²) >= 11 is 3.19. The Bertz CT molecular complexity index is 571. The standard InChI is InChI=1S/C14H21N5S2/c1-10-16-14(21-18-10)15-7-12-3-5-19(6-4-12)8-13-9-20-11(2)17-13/h9,12H,3-8H2,1-2H3,(H,15,16,18). The lowest BCUT2D eigenvalue weighted by molar-refractivity contribution is 0.181. The molecule has 1 aliphatic rings. The number of anilines is 1. The summed E-state index contributed by atoms with van der Waals surface area (Å²) in [4.78, 5) is 11.4. The number of nitrogens with zero attached hydrogens (tertiary/aromatic N) is 4. The van der Waals surface area contributed by atoms with E-state index in [1.54, 1.807) is 11.3 Å². The predicted octanol–water partition coefficient (Wildman–Crippen LogP) is 2.94. The summed E-state index contributed by atoms with van der Waals surface area (Å²) in [5.74, 6) is 1.60. The van der Waals surface area contributed by atoms with E-state index in [4.69, 9.17) is 0 Å². The van der Waals surface area contributed by atoms with Crippen LogP contribution in [-0.4, -0.2) is 38.9 Å². The van der Waals surface area contributed by atoms with Crippen LogP contribution in [0.1, 0.15) is 29.4 Å². The van der Waals surface area contributed by atoms with Crippen molar-refractivity contribution in [2.75, 3.05) is 25.0 Å². The SMILES string of the molecule is Cc1nsc(NCC2CCN(Cc3csc(C)n3)CC2)n1. The van der Waals surface area contributed by atoms with Crippen LogP contribution in [0.2, 0.25) is 0 Å². The fourth-order valence-corrected chi connectivity index (χ4v) is 3.84. The first-order valence-electron chi connectivity index (χ1n) is 7.36. The molecule has 3 heterocycles. The van der Waals surface area contributed by atoms with E-state index in [-0.39, 0.29) is 0 Å². The molecule has 3 rings (SSSR count). The number of aryl methyl sites for hydroxylation is 2. The topological polar surface area (TPSA) is 53.9 Å². The van der Waals surface area contributed by atoms with Crippen molar-refractivity contribution in [1.82, 2.24) is 19.2 Å². The van der Waals surface area contributed by atoms with Gasteiger partial charge in [-0.2, -0.15) is 4.37 Å². The smallest absolute Gasteiger partial charge is 0.202 e. The van der Waals surface area contributed by atoms with Gasteiger partial charge in [-0.3, -0.25) is 4.90 Å². The number of hydrogen-bond donors (Lipinski definition) is 1. The largest absolute Gasteiger partial charge is 0.360 e. The molecule has 0 aromatic carbocycles. The van der Waals surface area contributed by atoms with Gasteiger partial charge in [0.25, 0.3) is 0 Å². The number of hydrogen-bond acceptors (Lipinski definition) is 7. The Morgan fingerprint density at radius 2 is 2.10 bits per heavy atom. The van der Waals surface area contributed by atoms with Crippen LogP contribution in [0.4, 0.5) is 5.13 Å². The molecule has 0 saturated carbocycles. The molecule has 1 fully saturated rings. The van der Waals surface area contributed by atoms with E-state index in [0.717, 1.165) is 48.1 Å². The Kier molecular flexibility index (Phi) is 4.82. The highest BCUT2D eigenvalue weighted by Gasteiger charge is 2.20. The second kappa shape index (κ2) is 6.81. The van der Waals surface area contributed by atoms with Gasteiger partial charge in [-0.15, -0.1) is 11.3 Å². The maximum Gasteiger partial charge on any atom is 0.202 e. The number of piperidine rings is 1. The van der Waals surface area contributed by atoms with Gasteiger partial charge in [0.15, 0.2) is 0 Å². The van der Waals surface area contributed by atoms with Crippen LogP contribution in [0.15, 0.2) is 5.38 Å². The van der Waals surface area contributed by atoms with Crippen molar-refractivity contribution in [1.29, 1.82) is 0 Å². The highest BCUT2D eigenvalue weighted by Crippen LogP contribution is 2.21. The van der Waals surface area contributed by atoms with Crippen molar-refractivity contribution in [2.24, 2.45) is 5.92 Å². The molecular formula is C14H21N5S2. The van der Waals surface area contributed by atoms with Gasteiger partial charge in [-0.05, 0) is 45.7 Å². The van der Waals surface area contributed by atoms with Crippen LogP contribution >= 0.6 is 22.9 Å². The molecule has 2 aromatic heterocycles. The number of thiazole rings is 1. The molecule has 21 heavy (non-hydrogen) atoms. The molecule has 1 N–H and O–H groups in total. The highest BCUT2D eigenvalue weighted by atomic mass is 32.1. The summed E-state index contributed by atoms with van der Waals surface area (Å²) in [6.45, 7) is 8.34. The van der Waals surface area contributed by atoms with Gasteiger partial charge in [-0.1, -0.05) is 0 Å². The number of rotatable bonds is 5. The van der Waals surface area contributed by atoms with Crippen LogP contribution in [0, 0.1) is 19.8 Å². The lowest BCUT2D eigenvalue weighted by Crippen LogP contribution is -2.35. The Balaban J connectivity index is 1.40. The van der Waals surface area contributed by atoms with E-state index in [9.17, 15) is 0 Å². The second-order valence-corrected chi connectivity index (χ2v) is 7.42. The Hall–Kier alpha value is -1.05. The normalized spacial score (nSPS) is 17.2. The average Bonchev–Trinajstić information content (AvgIpc) is 3.07. The minimum Gasteiger partial charge on any atom is -0.360 e. The minimum atomic E-state index is 0.739. The third-order valence-electron chi connectivity index (χ3n) is 3.83. The van der Waals surface area contributed by atoms with E-state index in [1.165, 1.54) is 30.1 Å². The zero-order valence-corrected chi connectivity index (χ0v) is 14.1. The van der Waals surface area contributed by atoms with Crippen LogP contribution in [0.25, 0.3) is 0 Å². The summed E-state index contributed by atoms with van der Waals surface area (Å²) in [6, 6.07) is 0. The molecule has 0 radical (unpaired) electrons. The Morgan fingerprint density at radius 3 is 2.71 bits per heavy atom. The Morgan fingerprint density at radius 1 is 1.29 bits per heavy atom. The van der Waals surface area contributed by atoms with Crippen molar-refractivity contribution in [2.45, 2.75) is 33.2 Å². The zero-order valence-electron chi connectivity index (χ0n) is 12.5. The van der Waals surface area contributed by atoms with Crippen molar-refractivity contribution in [3.8, 4) is 0 Å². The van der Waals surface area contributed by atoms with Crippen molar-refractivity contribution >= 4 is 28.0 Å². The molecule has 1 aliphatic heterocycles. The lowest BCUT2D eigenvalue weighted by atomic mass is 9.97. The van der Waals surface area contributed by atoms with E-state index >= 15 is 0 Å². The fourth-order valence-electron chi connectivity index (χ4n) is 2.66. The third-order valence-corrected chi connectivity index (χ3v) is 5.42. The predicted molar refractivity (Wildman–Crippen MR) is 88.0 cm³/mol. The van der Waals surface area contributed by atoms with Crippen molar-refractivity contribution in [3.63, 3.8) is 0 Å². The molecular weight excluding hydrogens is 302 g/mol. The van der Waals surface area contributed by atoms with Crippen LogP contribution in [0.3, 0.4) is 0 Å². The van der Waals surface area contributed by atoms with Gasteiger partial charge < -0.3 is 5.32 Å². The van der Waals surface area contributed by atoms with Gasteiger partial charge in [-0.25, -0.2) is 9.97 Å². The van der Waals surface area contributed by atoms with Crippen LogP contribution in [0.5, 0.6) is 0 Å². The first-order valence-corrected chi connectivity index (χ1v) is 9.02. The average molecular weight is 323 g/mol. The fraction of sp³-hybridized carbons (Fsp3) is 0.643. The zero-order chi connectivity index (χ0) is 14.7. The molecule has 5 nitrogen and oxygen atoms in total. The lowest BCUT2D eigenvalue weighted by Gasteiger charge is -2.31. The molecule has 0 bridgehead atoms. The summed E-state index contributed by atoms with van der Waals surface area (Å²) in [7, 11) is 0. The molecule has 0 atom stereocenters. The van der Waals surface area contributed by atoms with Gasteiger partial charge >= 0.3 is 0 Å². The summed E-state index contributed by atoms with van der Waals surface area (Å²) in [6.07, 6.45) is 2.49. The third kappa shape index (κ3) is 4.21. The quantitative estimate of drug-likeness (QED) is 0.917. The second-order valence-electron chi connectivity index (χ2n) is 5.61. The molecule has 0 unspecified atom stereocenters. The van der Waals surface area contributed by atoms with Gasteiger partial charge in [0.1, 0.15) is 5.82 Å². The van der Waals surface area contributed by atoms with Crippen LogP contribution < -0.4 is 5.32 Å². The van der Waals surface area contributed by atoms with Crippen LogP contribution in [-0.2, 0) is 6.54 Å². The maximum atomic E-state index is 4.55. The molecule has 0 spiro atoms. The maximum absolute atomic E-state index is 4.55. The molecule has 0 amide bonds. The molecule has 1 saturated heterocycles. The van der Waals surface area contributed by atoms with Crippen molar-refractivity contribution < 1.29 is 0 Å². The van der Waals surface area contributed by atoms with Gasteiger partial charge in [0.05, 0.1) is 10.7 Å². The molecule has 114 valence electrons. The summed E-state index contributed by atoms with van der Waals surface area (Å²) in [5, 5.41) is 7.72. The van der Waals surface area contributed by atoms with Gasteiger partial charge in [0.2, 0.25) is 5.13 Å². The number of nitrogens with one attached hydrogen (secondary N) is 1. The summed E-state index contributed by atoms with van der Waals surface area (Å²) in [5.41, 5.74) is 1.22. The molecule has 0 aliphatic carbocycles. The van der Waals surface area contributed by atoms with E-state index in [1.807, 2.05) is 6.92 Å². The number of aromatic nitrogens is 3. The van der Waals surface area contributed by atoms with E-state index in [2.05, 4.69) is 36.9 Å². The first-order chi connectivity index (χ1) is 10.2. The highest BCUT2D eigenvalue weighted by molar-refractivity contribution is 7.09. The van der Waals surface area contributed by atoms with E-state index in [0.29, 0.717) is 0 Å². The minimum absolute atomic E-state index is 0.739. The monoisotopic (exact) mass is 323 g/mol. The molecule has 2 aromatic rings.